The third kappa shape index (κ3) is 3.01. The summed E-state index contributed by atoms with van der Waals surface area (Å²) in [6.07, 6.45) is 1.69. The van der Waals surface area contributed by atoms with Crippen molar-refractivity contribution in [2.24, 2.45) is 5.92 Å². The van der Waals surface area contributed by atoms with Gasteiger partial charge in [-0.25, -0.2) is 0 Å². The maximum absolute atomic E-state index is 11.2. The predicted molar refractivity (Wildman–Crippen MR) is 73.7 cm³/mol. The van der Waals surface area contributed by atoms with E-state index in [2.05, 4.69) is 20.4 Å². The number of hydrogen-bond donors (Lipinski definition) is 1. The fourth-order valence-electron chi connectivity index (χ4n) is 1.91. The fourth-order valence-corrected chi connectivity index (χ4v) is 1.91. The number of pyridine rings is 1. The van der Waals surface area contributed by atoms with E-state index in [0.717, 1.165) is 5.56 Å². The molecule has 2 heterocycles. The predicted octanol–water partition coefficient (Wildman–Crippen LogP) is 2.27. The molecule has 20 heavy (non-hydrogen) atoms. The van der Waals surface area contributed by atoms with E-state index in [4.69, 9.17) is 4.52 Å². The summed E-state index contributed by atoms with van der Waals surface area (Å²) < 4.78 is 5.28. The first-order valence-electron chi connectivity index (χ1n) is 6.51. The van der Waals surface area contributed by atoms with Crippen LogP contribution in [0, 0.1) is 12.8 Å². The lowest BCUT2D eigenvalue weighted by Gasteiger charge is -2.16. The Bertz CT molecular complexity index is 607. The molecule has 0 saturated heterocycles. The molecule has 2 rings (SSSR count). The Kier molecular flexibility index (Phi) is 4.12. The van der Waals surface area contributed by atoms with Gasteiger partial charge in [0.2, 0.25) is 17.6 Å². The van der Waals surface area contributed by atoms with Crippen molar-refractivity contribution in [3.05, 3.63) is 29.8 Å². The van der Waals surface area contributed by atoms with Crippen molar-refractivity contribution in [2.45, 2.75) is 33.7 Å². The Hall–Kier alpha value is -2.24. The molecule has 0 aliphatic heterocycles. The minimum absolute atomic E-state index is 0.127. The maximum Gasteiger partial charge on any atom is 0.249 e. The standard InChI is InChI=1S/C14H18N4O2/c1-8(2)11(16-10(4)19)14-17-13(18-20-14)12-9(3)6-5-7-15-12/h5-8,11H,1-4H3,(H,16,19)/t11-/m0/s1. The topological polar surface area (TPSA) is 80.9 Å². The van der Waals surface area contributed by atoms with E-state index in [1.807, 2.05) is 32.9 Å². The van der Waals surface area contributed by atoms with Crippen molar-refractivity contribution in [2.75, 3.05) is 0 Å². The van der Waals surface area contributed by atoms with Gasteiger partial charge in [0.15, 0.2) is 0 Å². The van der Waals surface area contributed by atoms with Crippen LogP contribution in [0.25, 0.3) is 11.5 Å². The molecular weight excluding hydrogens is 256 g/mol. The van der Waals surface area contributed by atoms with Crippen molar-refractivity contribution in [3.63, 3.8) is 0 Å². The molecule has 2 aromatic heterocycles. The summed E-state index contributed by atoms with van der Waals surface area (Å²) in [5.41, 5.74) is 1.66. The molecule has 1 amide bonds. The van der Waals surface area contributed by atoms with Crippen LogP contribution in [-0.4, -0.2) is 21.0 Å². The van der Waals surface area contributed by atoms with Crippen LogP contribution in [-0.2, 0) is 4.79 Å². The Morgan fingerprint density at radius 3 is 2.75 bits per heavy atom. The summed E-state index contributed by atoms with van der Waals surface area (Å²) in [4.78, 5) is 19.9. The minimum Gasteiger partial charge on any atom is -0.344 e. The van der Waals surface area contributed by atoms with Gasteiger partial charge in [-0.3, -0.25) is 9.78 Å². The molecule has 0 unspecified atom stereocenters. The normalized spacial score (nSPS) is 12.4. The lowest BCUT2D eigenvalue weighted by molar-refractivity contribution is -0.120. The molecule has 1 atom stereocenters. The van der Waals surface area contributed by atoms with Gasteiger partial charge in [0.05, 0.1) is 0 Å². The molecule has 6 heteroatoms. The number of aromatic nitrogens is 3. The van der Waals surface area contributed by atoms with Crippen LogP contribution in [0.2, 0.25) is 0 Å². The molecule has 0 fully saturated rings. The van der Waals surface area contributed by atoms with E-state index in [1.54, 1.807) is 6.20 Å². The number of aryl methyl sites for hydroxylation is 1. The number of carbonyl (C=O) groups is 1. The fraction of sp³-hybridized carbons (Fsp3) is 0.429. The van der Waals surface area contributed by atoms with Crippen molar-refractivity contribution in [1.29, 1.82) is 0 Å². The quantitative estimate of drug-likeness (QED) is 0.925. The van der Waals surface area contributed by atoms with Gasteiger partial charge in [-0.15, -0.1) is 0 Å². The summed E-state index contributed by atoms with van der Waals surface area (Å²) in [6.45, 7) is 7.37. The lowest BCUT2D eigenvalue weighted by Crippen LogP contribution is -2.29. The highest BCUT2D eigenvalue weighted by molar-refractivity contribution is 5.73. The van der Waals surface area contributed by atoms with Gasteiger partial charge in [-0.2, -0.15) is 4.98 Å². The first-order chi connectivity index (χ1) is 9.49. The number of nitrogens with zero attached hydrogens (tertiary/aromatic N) is 3. The van der Waals surface area contributed by atoms with E-state index in [9.17, 15) is 4.79 Å². The Balaban J connectivity index is 2.32. The number of rotatable bonds is 4. The van der Waals surface area contributed by atoms with Gasteiger partial charge < -0.3 is 9.84 Å². The van der Waals surface area contributed by atoms with Gasteiger partial charge in [0, 0.05) is 13.1 Å². The largest absolute Gasteiger partial charge is 0.344 e. The van der Waals surface area contributed by atoms with Gasteiger partial charge in [-0.05, 0) is 24.5 Å². The van der Waals surface area contributed by atoms with Crippen LogP contribution < -0.4 is 5.32 Å². The van der Waals surface area contributed by atoms with Crippen LogP contribution >= 0.6 is 0 Å². The van der Waals surface area contributed by atoms with E-state index in [0.29, 0.717) is 17.4 Å². The van der Waals surface area contributed by atoms with Crippen LogP contribution in [0.1, 0.15) is 38.3 Å². The second kappa shape index (κ2) is 5.81. The van der Waals surface area contributed by atoms with Crippen molar-refractivity contribution in [3.8, 4) is 11.5 Å². The van der Waals surface area contributed by atoms with Gasteiger partial charge >= 0.3 is 0 Å². The first kappa shape index (κ1) is 14.2. The molecular formula is C14H18N4O2. The average molecular weight is 274 g/mol. The molecule has 0 aliphatic carbocycles. The van der Waals surface area contributed by atoms with Crippen molar-refractivity contribution < 1.29 is 9.32 Å². The second-order valence-electron chi connectivity index (χ2n) is 5.05. The van der Waals surface area contributed by atoms with Crippen LogP contribution in [0.15, 0.2) is 22.9 Å². The monoisotopic (exact) mass is 274 g/mol. The minimum atomic E-state index is -0.294. The van der Waals surface area contributed by atoms with Crippen molar-refractivity contribution >= 4 is 5.91 Å². The summed E-state index contributed by atoms with van der Waals surface area (Å²) >= 11 is 0. The molecule has 0 saturated carbocycles. The van der Waals surface area contributed by atoms with E-state index < -0.39 is 0 Å². The molecule has 6 nitrogen and oxygen atoms in total. The summed E-state index contributed by atoms with van der Waals surface area (Å²) in [5, 5.41) is 6.78. The second-order valence-corrected chi connectivity index (χ2v) is 5.05. The zero-order valence-corrected chi connectivity index (χ0v) is 12.0. The number of hydrogen-bond acceptors (Lipinski definition) is 5. The highest BCUT2D eigenvalue weighted by Crippen LogP contribution is 2.23. The average Bonchev–Trinajstić information content (AvgIpc) is 2.85. The summed E-state index contributed by atoms with van der Waals surface area (Å²) in [5.74, 6) is 0.860. The van der Waals surface area contributed by atoms with Crippen molar-refractivity contribution in [1.82, 2.24) is 20.4 Å². The number of carbonyl (C=O) groups excluding carboxylic acids is 1. The smallest absolute Gasteiger partial charge is 0.249 e. The molecule has 2 aromatic rings. The van der Waals surface area contributed by atoms with E-state index in [1.165, 1.54) is 6.92 Å². The summed E-state index contributed by atoms with van der Waals surface area (Å²) in [6, 6.07) is 3.50. The van der Waals surface area contributed by atoms with E-state index >= 15 is 0 Å². The first-order valence-corrected chi connectivity index (χ1v) is 6.51. The van der Waals surface area contributed by atoms with Gasteiger partial charge in [-0.1, -0.05) is 25.1 Å². The molecule has 1 N–H and O–H groups in total. The Labute approximate surface area is 117 Å². The maximum atomic E-state index is 11.2. The third-order valence-electron chi connectivity index (χ3n) is 2.95. The molecule has 106 valence electrons. The molecule has 0 aliphatic rings. The van der Waals surface area contributed by atoms with Crippen LogP contribution in [0.4, 0.5) is 0 Å². The molecule has 0 radical (unpaired) electrons. The number of amides is 1. The lowest BCUT2D eigenvalue weighted by atomic mass is 10.0. The zero-order chi connectivity index (χ0) is 14.7. The van der Waals surface area contributed by atoms with Gasteiger partial charge in [0.1, 0.15) is 11.7 Å². The SMILES string of the molecule is CC(=O)N[C@H](c1nc(-c2ncccc2C)no1)C(C)C. The third-order valence-corrected chi connectivity index (χ3v) is 2.95. The Morgan fingerprint density at radius 1 is 1.40 bits per heavy atom. The Morgan fingerprint density at radius 2 is 2.15 bits per heavy atom. The zero-order valence-electron chi connectivity index (χ0n) is 12.0. The van der Waals surface area contributed by atoms with Crippen LogP contribution in [0.3, 0.4) is 0 Å². The molecule has 0 spiro atoms. The number of nitrogens with one attached hydrogen (secondary N) is 1. The summed E-state index contributed by atoms with van der Waals surface area (Å²) in [7, 11) is 0. The van der Waals surface area contributed by atoms with Crippen LogP contribution in [0.5, 0.6) is 0 Å². The van der Waals surface area contributed by atoms with Gasteiger partial charge in [0.25, 0.3) is 0 Å². The highest BCUT2D eigenvalue weighted by atomic mass is 16.5. The molecule has 0 bridgehead atoms. The highest BCUT2D eigenvalue weighted by Gasteiger charge is 2.24. The molecule has 0 aromatic carbocycles. The van der Waals surface area contributed by atoms with E-state index in [-0.39, 0.29) is 17.9 Å².